The molecule has 40 heavy (non-hydrogen) atoms. The molecule has 2 amide bonds. The van der Waals surface area contributed by atoms with Gasteiger partial charge < -0.3 is 24.4 Å². The van der Waals surface area contributed by atoms with Gasteiger partial charge in [0.15, 0.2) is 0 Å². The Hall–Kier alpha value is -4.05. The molecule has 9 nitrogen and oxygen atoms in total. The molecule has 1 unspecified atom stereocenters. The van der Waals surface area contributed by atoms with E-state index in [9.17, 15) is 9.59 Å². The van der Waals surface area contributed by atoms with Crippen molar-refractivity contribution in [2.75, 3.05) is 32.7 Å². The number of methoxy groups -OCH3 is 2. The van der Waals surface area contributed by atoms with Crippen molar-refractivity contribution in [2.45, 2.75) is 33.2 Å². The smallest absolute Gasteiger partial charge is 0.322 e. The lowest BCUT2D eigenvalue weighted by molar-refractivity contribution is 0.189. The van der Waals surface area contributed by atoms with Gasteiger partial charge in [0.1, 0.15) is 23.1 Å². The first-order valence-corrected chi connectivity index (χ1v) is 13.9. The summed E-state index contributed by atoms with van der Waals surface area (Å²) in [6.45, 7) is 6.78. The highest BCUT2D eigenvalue weighted by molar-refractivity contribution is 9.10. The maximum atomic E-state index is 14.0. The molecular formula is C30H33BrN4O5. The summed E-state index contributed by atoms with van der Waals surface area (Å²) in [5.41, 5.74) is 1.39. The van der Waals surface area contributed by atoms with Gasteiger partial charge in [-0.2, -0.15) is 0 Å². The lowest BCUT2D eigenvalue weighted by Crippen LogP contribution is -2.40. The van der Waals surface area contributed by atoms with Crippen LogP contribution in [0.3, 0.4) is 0 Å². The van der Waals surface area contributed by atoms with Gasteiger partial charge in [-0.1, -0.05) is 19.1 Å². The van der Waals surface area contributed by atoms with Crippen molar-refractivity contribution in [1.82, 2.24) is 14.5 Å². The SMILES string of the molecule is CCCN(C(=O)Nc1ccc(OCC)cc1)C(C)c1nc2ccccc2c(=O)n1-c1cc(OC)cc(OC)c1Br. The second-order valence-electron chi connectivity index (χ2n) is 9.05. The van der Waals surface area contributed by atoms with Gasteiger partial charge in [-0.05, 0) is 72.6 Å². The molecule has 0 spiro atoms. The summed E-state index contributed by atoms with van der Waals surface area (Å²) in [5.74, 6) is 2.12. The number of para-hydroxylation sites is 1. The van der Waals surface area contributed by atoms with E-state index in [4.69, 9.17) is 19.2 Å². The van der Waals surface area contributed by atoms with E-state index in [0.29, 0.717) is 63.6 Å². The third kappa shape index (κ3) is 5.91. The molecule has 0 bridgehead atoms. The molecule has 10 heteroatoms. The van der Waals surface area contributed by atoms with Crippen molar-refractivity contribution >= 4 is 38.6 Å². The first-order chi connectivity index (χ1) is 19.3. The van der Waals surface area contributed by atoms with E-state index in [2.05, 4.69) is 21.2 Å². The minimum Gasteiger partial charge on any atom is -0.497 e. The van der Waals surface area contributed by atoms with Crippen molar-refractivity contribution in [1.29, 1.82) is 0 Å². The Morgan fingerprint density at radius 1 is 1.05 bits per heavy atom. The number of urea groups is 1. The zero-order valence-electron chi connectivity index (χ0n) is 23.2. The number of hydrogen-bond donors (Lipinski definition) is 1. The number of ether oxygens (including phenoxy) is 3. The van der Waals surface area contributed by atoms with Crippen molar-refractivity contribution in [3.8, 4) is 22.9 Å². The quantitative estimate of drug-likeness (QED) is 0.219. The molecule has 1 aromatic heterocycles. The molecule has 0 fully saturated rings. The third-order valence-electron chi connectivity index (χ3n) is 6.47. The van der Waals surface area contributed by atoms with Crippen LogP contribution in [0.4, 0.5) is 10.5 Å². The second-order valence-corrected chi connectivity index (χ2v) is 9.84. The van der Waals surface area contributed by atoms with E-state index >= 15 is 0 Å². The molecule has 1 N–H and O–H groups in total. The number of fused-ring (bicyclic) bond motifs is 1. The Labute approximate surface area is 241 Å². The predicted octanol–water partition coefficient (Wildman–Crippen LogP) is 6.57. The number of halogens is 1. The molecule has 3 aromatic carbocycles. The van der Waals surface area contributed by atoms with Crippen LogP contribution in [0.25, 0.3) is 16.6 Å². The van der Waals surface area contributed by atoms with Crippen LogP contribution in [0.15, 0.2) is 69.9 Å². The van der Waals surface area contributed by atoms with Crippen LogP contribution < -0.4 is 25.1 Å². The van der Waals surface area contributed by atoms with E-state index in [-0.39, 0.29) is 11.6 Å². The summed E-state index contributed by atoms with van der Waals surface area (Å²) in [6, 6.07) is 16.9. The number of hydrogen-bond acceptors (Lipinski definition) is 6. The minimum absolute atomic E-state index is 0.271. The summed E-state index contributed by atoms with van der Waals surface area (Å²) in [7, 11) is 3.09. The third-order valence-corrected chi connectivity index (χ3v) is 7.27. The molecule has 4 aromatic rings. The molecule has 0 radical (unpaired) electrons. The van der Waals surface area contributed by atoms with Gasteiger partial charge in [-0.25, -0.2) is 9.78 Å². The largest absolute Gasteiger partial charge is 0.497 e. The van der Waals surface area contributed by atoms with E-state index in [0.717, 1.165) is 5.75 Å². The highest BCUT2D eigenvalue weighted by Crippen LogP contribution is 2.37. The molecule has 210 valence electrons. The zero-order chi connectivity index (χ0) is 28.8. The molecule has 1 atom stereocenters. The number of carbonyl (C=O) groups is 1. The van der Waals surface area contributed by atoms with Gasteiger partial charge in [0.05, 0.1) is 47.9 Å². The summed E-state index contributed by atoms with van der Waals surface area (Å²) in [4.78, 5) is 34.2. The van der Waals surface area contributed by atoms with Crippen molar-refractivity contribution in [3.63, 3.8) is 0 Å². The molecule has 4 rings (SSSR count). The van der Waals surface area contributed by atoms with Crippen LogP contribution in [0.2, 0.25) is 0 Å². The Morgan fingerprint density at radius 3 is 2.42 bits per heavy atom. The summed E-state index contributed by atoms with van der Waals surface area (Å²) in [5, 5.41) is 3.42. The van der Waals surface area contributed by atoms with Gasteiger partial charge in [-0.3, -0.25) is 9.36 Å². The fraction of sp³-hybridized carbons (Fsp3) is 0.300. The standard InChI is InChI=1S/C30H33BrN4O5/c1-6-16-34(30(37)32-20-12-14-21(15-13-20)40-7-2)19(3)28-33-24-11-9-8-10-23(24)29(36)35(28)25-17-22(38-4)18-26(39-5)27(25)31/h8-15,17-19H,6-7,16H2,1-5H3,(H,32,37). The first-order valence-electron chi connectivity index (χ1n) is 13.1. The maximum Gasteiger partial charge on any atom is 0.322 e. The van der Waals surface area contributed by atoms with E-state index in [1.54, 1.807) is 61.6 Å². The van der Waals surface area contributed by atoms with Gasteiger partial charge in [0.25, 0.3) is 5.56 Å². The molecular weight excluding hydrogens is 576 g/mol. The van der Waals surface area contributed by atoms with Crippen LogP contribution in [-0.4, -0.2) is 47.9 Å². The van der Waals surface area contributed by atoms with Gasteiger partial charge in [0.2, 0.25) is 0 Å². The van der Waals surface area contributed by atoms with Crippen LogP contribution in [0.5, 0.6) is 17.2 Å². The number of carbonyl (C=O) groups excluding carboxylic acids is 1. The van der Waals surface area contributed by atoms with E-state index in [1.807, 2.05) is 39.0 Å². The normalized spacial score (nSPS) is 11.7. The Kier molecular flexibility index (Phi) is 9.31. The van der Waals surface area contributed by atoms with Crippen molar-refractivity contribution in [3.05, 3.63) is 81.3 Å². The van der Waals surface area contributed by atoms with Gasteiger partial charge >= 0.3 is 6.03 Å². The molecule has 0 saturated heterocycles. The van der Waals surface area contributed by atoms with E-state index < -0.39 is 6.04 Å². The molecule has 0 aliphatic carbocycles. The number of benzene rings is 3. The average molecular weight is 610 g/mol. The number of anilines is 1. The highest BCUT2D eigenvalue weighted by atomic mass is 79.9. The van der Waals surface area contributed by atoms with Crippen LogP contribution >= 0.6 is 15.9 Å². The summed E-state index contributed by atoms with van der Waals surface area (Å²) < 4.78 is 18.6. The molecule has 0 saturated carbocycles. The summed E-state index contributed by atoms with van der Waals surface area (Å²) >= 11 is 3.61. The highest BCUT2D eigenvalue weighted by Gasteiger charge is 2.28. The Bertz CT molecular complexity index is 1550. The Balaban J connectivity index is 1.84. The van der Waals surface area contributed by atoms with Crippen LogP contribution in [-0.2, 0) is 0 Å². The average Bonchev–Trinajstić information content (AvgIpc) is 2.97. The number of aromatic nitrogens is 2. The first kappa shape index (κ1) is 28.9. The summed E-state index contributed by atoms with van der Waals surface area (Å²) in [6.07, 6.45) is 0.704. The van der Waals surface area contributed by atoms with Gasteiger partial charge in [0, 0.05) is 24.4 Å². The Morgan fingerprint density at radius 2 is 1.77 bits per heavy atom. The lowest BCUT2D eigenvalue weighted by atomic mass is 10.1. The van der Waals surface area contributed by atoms with Crippen LogP contribution in [0, 0.1) is 0 Å². The van der Waals surface area contributed by atoms with E-state index in [1.165, 1.54) is 4.57 Å². The number of amides is 2. The fourth-order valence-electron chi connectivity index (χ4n) is 4.50. The topological polar surface area (TPSA) is 94.9 Å². The maximum absolute atomic E-state index is 14.0. The molecule has 0 aliphatic heterocycles. The molecule has 0 aliphatic rings. The predicted molar refractivity (Wildman–Crippen MR) is 160 cm³/mol. The lowest BCUT2D eigenvalue weighted by Gasteiger charge is -2.30. The molecule has 1 heterocycles. The number of nitrogens with zero attached hydrogens (tertiary/aromatic N) is 3. The minimum atomic E-state index is -0.580. The van der Waals surface area contributed by atoms with Gasteiger partial charge in [-0.15, -0.1) is 0 Å². The zero-order valence-corrected chi connectivity index (χ0v) is 24.8. The van der Waals surface area contributed by atoms with Crippen molar-refractivity contribution in [2.24, 2.45) is 0 Å². The number of rotatable bonds is 10. The number of nitrogens with one attached hydrogen (secondary N) is 1. The second kappa shape index (κ2) is 12.9. The van der Waals surface area contributed by atoms with Crippen molar-refractivity contribution < 1.29 is 19.0 Å². The fourth-order valence-corrected chi connectivity index (χ4v) is 5.07. The van der Waals surface area contributed by atoms with Crippen LogP contribution in [0.1, 0.15) is 39.1 Å². The monoisotopic (exact) mass is 608 g/mol.